The first-order valence-corrected chi connectivity index (χ1v) is 11.9. The summed E-state index contributed by atoms with van der Waals surface area (Å²) < 4.78 is 16.2. The Kier molecular flexibility index (Phi) is 6.15. The summed E-state index contributed by atoms with van der Waals surface area (Å²) in [5, 5.41) is 10.4. The van der Waals surface area contributed by atoms with E-state index in [2.05, 4.69) is 15.8 Å². The van der Waals surface area contributed by atoms with Gasteiger partial charge >= 0.3 is 0 Å². The number of fused-ring (bicyclic) bond motifs is 1. The molecule has 0 saturated carbocycles. The van der Waals surface area contributed by atoms with Gasteiger partial charge in [-0.2, -0.15) is 0 Å². The first kappa shape index (κ1) is 21.7. The van der Waals surface area contributed by atoms with Crippen LogP contribution in [0, 0.1) is 0 Å². The first-order valence-electron chi connectivity index (χ1n) is 11.1. The number of ether oxygens (including phenoxy) is 2. The summed E-state index contributed by atoms with van der Waals surface area (Å²) in [6.45, 7) is 1.22. The molecule has 1 fully saturated rings. The van der Waals surface area contributed by atoms with Crippen molar-refractivity contribution in [3.8, 4) is 17.1 Å². The summed E-state index contributed by atoms with van der Waals surface area (Å²) in [4.78, 5) is 27.1. The molecule has 172 valence electrons. The van der Waals surface area contributed by atoms with E-state index in [1.54, 1.807) is 13.2 Å². The normalized spacial score (nSPS) is 17.1. The fourth-order valence-electron chi connectivity index (χ4n) is 4.27. The van der Waals surface area contributed by atoms with Crippen molar-refractivity contribution in [2.45, 2.75) is 38.2 Å². The highest BCUT2D eigenvalue weighted by atomic mass is 32.1. The van der Waals surface area contributed by atoms with Gasteiger partial charge in [-0.05, 0) is 61.9 Å². The average Bonchev–Trinajstić information content (AvgIpc) is 3.62. The Hall–Kier alpha value is -3.17. The summed E-state index contributed by atoms with van der Waals surface area (Å²) in [7, 11) is 1.60. The average molecular weight is 468 g/mol. The second kappa shape index (κ2) is 9.36. The molecular weight excluding hydrogens is 442 g/mol. The monoisotopic (exact) mass is 467 g/mol. The topological polar surface area (TPSA) is 103 Å². The van der Waals surface area contributed by atoms with E-state index in [4.69, 9.17) is 14.0 Å². The van der Waals surface area contributed by atoms with E-state index >= 15 is 0 Å². The molecule has 33 heavy (non-hydrogen) atoms. The molecule has 9 heteroatoms. The van der Waals surface area contributed by atoms with Gasteiger partial charge in [-0.1, -0.05) is 5.16 Å². The Bertz CT molecular complexity index is 1160. The molecule has 2 aliphatic rings. The molecule has 3 aromatic rings. The minimum Gasteiger partial charge on any atom is -0.497 e. The Labute approximate surface area is 195 Å². The van der Waals surface area contributed by atoms with Gasteiger partial charge in [-0.25, -0.2) is 0 Å². The van der Waals surface area contributed by atoms with E-state index in [0.29, 0.717) is 22.9 Å². The van der Waals surface area contributed by atoms with Crippen LogP contribution < -0.4 is 15.4 Å². The van der Waals surface area contributed by atoms with Gasteiger partial charge in [0.05, 0.1) is 18.8 Å². The van der Waals surface area contributed by atoms with Crippen LogP contribution in [-0.2, 0) is 17.6 Å². The maximum Gasteiger partial charge on any atom is 0.278 e. The van der Waals surface area contributed by atoms with Crippen LogP contribution >= 0.6 is 11.3 Å². The number of aromatic nitrogens is 1. The third kappa shape index (κ3) is 4.51. The van der Waals surface area contributed by atoms with E-state index in [1.807, 2.05) is 24.3 Å². The Morgan fingerprint density at radius 2 is 2.03 bits per heavy atom. The van der Waals surface area contributed by atoms with E-state index in [-0.39, 0.29) is 17.7 Å². The maximum atomic E-state index is 13.0. The van der Waals surface area contributed by atoms with Crippen LogP contribution in [0.2, 0.25) is 0 Å². The number of thiophene rings is 1. The van der Waals surface area contributed by atoms with Crippen LogP contribution in [0.3, 0.4) is 0 Å². The molecule has 0 unspecified atom stereocenters. The molecule has 1 saturated heterocycles. The van der Waals surface area contributed by atoms with Crippen LogP contribution in [0.5, 0.6) is 5.75 Å². The number of hydrogen-bond donors (Lipinski definition) is 2. The van der Waals surface area contributed by atoms with Gasteiger partial charge in [0.25, 0.3) is 11.8 Å². The summed E-state index contributed by atoms with van der Waals surface area (Å²) in [5.41, 5.74) is 2.55. The summed E-state index contributed by atoms with van der Waals surface area (Å²) in [6.07, 6.45) is 4.82. The zero-order valence-corrected chi connectivity index (χ0v) is 19.1. The summed E-state index contributed by atoms with van der Waals surface area (Å²) in [5.74, 6) is 0.629. The molecule has 3 heterocycles. The zero-order chi connectivity index (χ0) is 22.8. The highest BCUT2D eigenvalue weighted by molar-refractivity contribution is 7.17. The van der Waals surface area contributed by atoms with Gasteiger partial charge in [-0.15, -0.1) is 11.3 Å². The Morgan fingerprint density at radius 1 is 1.18 bits per heavy atom. The van der Waals surface area contributed by atoms with Crippen LogP contribution in [0.25, 0.3) is 11.3 Å². The predicted molar refractivity (Wildman–Crippen MR) is 124 cm³/mol. The number of anilines is 1. The van der Waals surface area contributed by atoms with E-state index in [9.17, 15) is 9.59 Å². The number of rotatable bonds is 7. The van der Waals surface area contributed by atoms with Crippen molar-refractivity contribution in [1.82, 2.24) is 10.5 Å². The van der Waals surface area contributed by atoms with Crippen molar-refractivity contribution in [1.29, 1.82) is 0 Å². The molecule has 1 aliphatic carbocycles. The van der Waals surface area contributed by atoms with E-state index in [0.717, 1.165) is 60.5 Å². The van der Waals surface area contributed by atoms with E-state index in [1.165, 1.54) is 11.3 Å². The van der Waals surface area contributed by atoms with Crippen LogP contribution in [0.15, 0.2) is 34.9 Å². The number of nitrogens with one attached hydrogen (secondary N) is 2. The number of benzene rings is 1. The molecule has 0 bridgehead atoms. The summed E-state index contributed by atoms with van der Waals surface area (Å²) in [6, 6.07) is 8.89. The molecule has 2 amide bonds. The van der Waals surface area contributed by atoms with Gasteiger partial charge in [0.1, 0.15) is 10.8 Å². The largest absolute Gasteiger partial charge is 0.497 e. The molecule has 1 aromatic carbocycles. The van der Waals surface area contributed by atoms with Gasteiger partial charge in [0.2, 0.25) is 0 Å². The second-order valence-corrected chi connectivity index (χ2v) is 9.27. The lowest BCUT2D eigenvalue weighted by molar-refractivity contribution is 0.0858. The van der Waals surface area contributed by atoms with Crippen LogP contribution in [0.4, 0.5) is 5.00 Å². The lowest BCUT2D eigenvalue weighted by Gasteiger charge is -2.12. The Morgan fingerprint density at radius 3 is 2.79 bits per heavy atom. The lowest BCUT2D eigenvalue weighted by atomic mass is 10.1. The molecule has 1 atom stereocenters. The highest BCUT2D eigenvalue weighted by Crippen LogP contribution is 2.39. The smallest absolute Gasteiger partial charge is 0.278 e. The van der Waals surface area contributed by atoms with Crippen molar-refractivity contribution < 1.29 is 23.6 Å². The van der Waals surface area contributed by atoms with Crippen molar-refractivity contribution in [3.05, 3.63) is 52.0 Å². The number of carbonyl (C=O) groups is 2. The maximum absolute atomic E-state index is 13.0. The number of hydrogen-bond acceptors (Lipinski definition) is 7. The summed E-state index contributed by atoms with van der Waals surface area (Å²) >= 11 is 1.47. The molecule has 2 N–H and O–H groups in total. The van der Waals surface area contributed by atoms with Gasteiger partial charge in [0, 0.05) is 29.7 Å². The van der Waals surface area contributed by atoms with E-state index < -0.39 is 5.91 Å². The molecular formula is C24H25N3O5S. The Balaban J connectivity index is 1.32. The first-order chi connectivity index (χ1) is 16.1. The predicted octanol–water partition coefficient (Wildman–Crippen LogP) is 4.06. The SMILES string of the molecule is COc1ccc(-c2cc(C(=O)Nc3sc4c(c3C(=O)NC[C@H]3CCCO3)CCC4)no2)cc1. The second-order valence-electron chi connectivity index (χ2n) is 8.17. The molecule has 0 spiro atoms. The third-order valence-corrected chi connectivity index (χ3v) is 7.21. The van der Waals surface area contributed by atoms with Gasteiger partial charge in [0.15, 0.2) is 11.5 Å². The van der Waals surface area contributed by atoms with Crippen molar-refractivity contribution in [3.63, 3.8) is 0 Å². The third-order valence-electron chi connectivity index (χ3n) is 6.01. The molecule has 5 rings (SSSR count). The quantitative estimate of drug-likeness (QED) is 0.543. The minimum absolute atomic E-state index is 0.0604. The zero-order valence-electron chi connectivity index (χ0n) is 18.3. The molecule has 8 nitrogen and oxygen atoms in total. The molecule has 0 radical (unpaired) electrons. The minimum atomic E-state index is -0.411. The fraction of sp³-hybridized carbons (Fsp3) is 0.375. The standard InChI is InChI=1S/C24H25N3O5S/c1-30-15-9-7-14(8-10-15)19-12-18(27-32-19)22(28)26-24-21(17-5-2-6-20(17)33-24)23(29)25-13-16-4-3-11-31-16/h7-10,12,16H,2-6,11,13H2,1H3,(H,25,29)(H,26,28)/t16-/m1/s1. The number of carbonyl (C=O) groups excluding carboxylic acids is 2. The van der Waals surface area contributed by atoms with Gasteiger partial charge < -0.3 is 24.6 Å². The van der Waals surface area contributed by atoms with Crippen molar-refractivity contribution in [2.75, 3.05) is 25.6 Å². The highest BCUT2D eigenvalue weighted by Gasteiger charge is 2.29. The molecule has 1 aliphatic heterocycles. The van der Waals surface area contributed by atoms with Crippen molar-refractivity contribution >= 4 is 28.2 Å². The van der Waals surface area contributed by atoms with Crippen LogP contribution in [0.1, 0.15) is 50.5 Å². The van der Waals surface area contributed by atoms with Gasteiger partial charge in [-0.3, -0.25) is 9.59 Å². The number of aryl methyl sites for hydroxylation is 1. The van der Waals surface area contributed by atoms with Crippen molar-refractivity contribution in [2.24, 2.45) is 0 Å². The number of amides is 2. The molecule has 2 aromatic heterocycles. The van der Waals surface area contributed by atoms with Crippen LogP contribution in [-0.4, -0.2) is 43.3 Å². The number of nitrogens with zero attached hydrogens (tertiary/aromatic N) is 1. The fourth-order valence-corrected chi connectivity index (χ4v) is 5.56. The lowest BCUT2D eigenvalue weighted by Crippen LogP contribution is -2.32. The number of methoxy groups -OCH3 is 1.